The fraction of sp³-hybridized carbons (Fsp3) is 0.714. The van der Waals surface area contributed by atoms with Gasteiger partial charge in [-0.1, -0.05) is 6.42 Å². The second-order valence-electron chi connectivity index (χ2n) is 5.85. The minimum absolute atomic E-state index is 0.244. The molecular formula is C14H25N3O2S. The van der Waals surface area contributed by atoms with Gasteiger partial charge in [-0.05, 0) is 45.7 Å². The zero-order valence-electron chi connectivity index (χ0n) is 12.5. The van der Waals surface area contributed by atoms with Crippen LogP contribution in [0.25, 0.3) is 0 Å². The molecule has 5 nitrogen and oxygen atoms in total. The Morgan fingerprint density at radius 1 is 1.40 bits per heavy atom. The summed E-state index contributed by atoms with van der Waals surface area (Å²) in [6.45, 7) is 5.33. The Morgan fingerprint density at radius 2 is 2.10 bits per heavy atom. The van der Waals surface area contributed by atoms with Crippen molar-refractivity contribution in [3.63, 3.8) is 0 Å². The Bertz CT molecular complexity index is 545. The van der Waals surface area contributed by atoms with Crippen molar-refractivity contribution in [2.75, 3.05) is 13.6 Å². The number of aromatic nitrogens is 1. The van der Waals surface area contributed by atoms with Gasteiger partial charge in [0.1, 0.15) is 0 Å². The number of hydrogen-bond donors (Lipinski definition) is 2. The molecule has 1 aromatic rings. The lowest BCUT2D eigenvalue weighted by atomic mass is 9.86. The summed E-state index contributed by atoms with van der Waals surface area (Å²) in [4.78, 5) is 0.371. The van der Waals surface area contributed by atoms with Gasteiger partial charge in [-0.15, -0.1) is 0 Å². The van der Waals surface area contributed by atoms with Crippen LogP contribution in [0.3, 0.4) is 0 Å². The first-order chi connectivity index (χ1) is 9.44. The van der Waals surface area contributed by atoms with Crippen molar-refractivity contribution in [1.29, 1.82) is 0 Å². The standard InChI is InChI=1S/C14H25N3O2S/c1-11(2)17-10-14(7-13(17)9-15-3)20(18,19)16-8-12-5-4-6-12/h7,10-12,15-16H,4-6,8-9H2,1-3H3. The van der Waals surface area contributed by atoms with Gasteiger partial charge in [-0.25, -0.2) is 13.1 Å². The van der Waals surface area contributed by atoms with Crippen LogP contribution >= 0.6 is 0 Å². The predicted octanol–water partition coefficient (Wildman–Crippen LogP) is 1.87. The van der Waals surface area contributed by atoms with E-state index in [-0.39, 0.29) is 6.04 Å². The van der Waals surface area contributed by atoms with Crippen LogP contribution in [0.15, 0.2) is 17.2 Å². The molecule has 0 amide bonds. The number of nitrogens with zero attached hydrogens (tertiary/aromatic N) is 1. The Morgan fingerprint density at radius 3 is 2.60 bits per heavy atom. The maximum absolute atomic E-state index is 12.3. The molecule has 1 fully saturated rings. The smallest absolute Gasteiger partial charge is 0.242 e. The molecule has 0 saturated heterocycles. The second kappa shape index (κ2) is 6.28. The Kier molecular flexibility index (Phi) is 4.88. The average Bonchev–Trinajstić information content (AvgIpc) is 2.72. The molecule has 0 spiro atoms. The van der Waals surface area contributed by atoms with Gasteiger partial charge >= 0.3 is 0 Å². The van der Waals surface area contributed by atoms with Gasteiger partial charge in [0.15, 0.2) is 0 Å². The molecule has 1 aliphatic carbocycles. The van der Waals surface area contributed by atoms with Crippen molar-refractivity contribution in [2.45, 2.75) is 50.6 Å². The van der Waals surface area contributed by atoms with Crippen LogP contribution in [-0.4, -0.2) is 26.6 Å². The maximum Gasteiger partial charge on any atom is 0.242 e. The molecule has 0 unspecified atom stereocenters. The molecule has 6 heteroatoms. The van der Waals surface area contributed by atoms with Crippen LogP contribution < -0.4 is 10.0 Å². The van der Waals surface area contributed by atoms with Crippen molar-refractivity contribution in [2.24, 2.45) is 5.92 Å². The molecule has 0 aliphatic heterocycles. The monoisotopic (exact) mass is 299 g/mol. The number of rotatable bonds is 7. The number of nitrogens with one attached hydrogen (secondary N) is 2. The van der Waals surface area contributed by atoms with E-state index in [0.29, 0.717) is 23.9 Å². The fourth-order valence-electron chi connectivity index (χ4n) is 2.45. The first-order valence-corrected chi connectivity index (χ1v) is 8.77. The largest absolute Gasteiger partial charge is 0.346 e. The van der Waals surface area contributed by atoms with Gasteiger partial charge in [0.2, 0.25) is 10.0 Å². The minimum Gasteiger partial charge on any atom is -0.346 e. The van der Waals surface area contributed by atoms with Gasteiger partial charge < -0.3 is 9.88 Å². The van der Waals surface area contributed by atoms with E-state index in [2.05, 4.69) is 23.9 Å². The van der Waals surface area contributed by atoms with Gasteiger partial charge in [0.25, 0.3) is 0 Å². The zero-order valence-corrected chi connectivity index (χ0v) is 13.3. The summed E-state index contributed by atoms with van der Waals surface area (Å²) in [6, 6.07) is 2.01. The lowest BCUT2D eigenvalue weighted by Gasteiger charge is -2.25. The second-order valence-corrected chi connectivity index (χ2v) is 7.61. The lowest BCUT2D eigenvalue weighted by Crippen LogP contribution is -2.32. The van der Waals surface area contributed by atoms with Crippen LogP contribution in [0.5, 0.6) is 0 Å². The highest BCUT2D eigenvalue weighted by atomic mass is 32.2. The number of sulfonamides is 1. The van der Waals surface area contributed by atoms with E-state index >= 15 is 0 Å². The van der Waals surface area contributed by atoms with Crippen LogP contribution in [0, 0.1) is 5.92 Å². The molecule has 1 saturated carbocycles. The van der Waals surface area contributed by atoms with E-state index in [1.165, 1.54) is 6.42 Å². The van der Waals surface area contributed by atoms with E-state index in [0.717, 1.165) is 18.5 Å². The summed E-state index contributed by atoms with van der Waals surface area (Å²) in [5, 5.41) is 3.08. The fourth-order valence-corrected chi connectivity index (χ4v) is 3.62. The summed E-state index contributed by atoms with van der Waals surface area (Å²) in [7, 11) is -1.52. The molecule has 0 aromatic carbocycles. The normalized spacial score (nSPS) is 16.6. The summed E-state index contributed by atoms with van der Waals surface area (Å²) in [6.07, 6.45) is 5.24. The van der Waals surface area contributed by atoms with E-state index in [1.54, 1.807) is 12.3 Å². The topological polar surface area (TPSA) is 63.1 Å². The molecule has 0 atom stereocenters. The third-order valence-electron chi connectivity index (χ3n) is 3.92. The molecule has 1 heterocycles. The molecule has 0 bridgehead atoms. The lowest BCUT2D eigenvalue weighted by molar-refractivity contribution is 0.316. The molecule has 1 aromatic heterocycles. The van der Waals surface area contributed by atoms with E-state index in [4.69, 9.17) is 0 Å². The molecule has 2 N–H and O–H groups in total. The maximum atomic E-state index is 12.3. The number of hydrogen-bond acceptors (Lipinski definition) is 3. The summed E-state index contributed by atoms with van der Waals surface area (Å²) < 4.78 is 29.4. The van der Waals surface area contributed by atoms with Gasteiger partial charge in [0.05, 0.1) is 4.90 Å². The van der Waals surface area contributed by atoms with Crippen LogP contribution in [-0.2, 0) is 16.6 Å². The van der Waals surface area contributed by atoms with Crippen molar-refractivity contribution in [3.05, 3.63) is 18.0 Å². The molecular weight excluding hydrogens is 274 g/mol. The van der Waals surface area contributed by atoms with Crippen molar-refractivity contribution in [1.82, 2.24) is 14.6 Å². The molecule has 20 heavy (non-hydrogen) atoms. The van der Waals surface area contributed by atoms with Crippen molar-refractivity contribution >= 4 is 10.0 Å². The Labute approximate surface area is 121 Å². The Hall–Kier alpha value is -0.850. The van der Waals surface area contributed by atoms with Crippen LogP contribution in [0.1, 0.15) is 44.8 Å². The van der Waals surface area contributed by atoms with Crippen LogP contribution in [0.2, 0.25) is 0 Å². The zero-order chi connectivity index (χ0) is 14.8. The average molecular weight is 299 g/mol. The molecule has 114 valence electrons. The first kappa shape index (κ1) is 15.5. The Balaban J connectivity index is 2.15. The molecule has 1 aliphatic rings. The summed E-state index contributed by atoms with van der Waals surface area (Å²) >= 11 is 0. The third-order valence-corrected chi connectivity index (χ3v) is 5.31. The van der Waals surface area contributed by atoms with Gasteiger partial charge in [0, 0.05) is 31.0 Å². The van der Waals surface area contributed by atoms with Gasteiger partial charge in [-0.2, -0.15) is 0 Å². The highest BCUT2D eigenvalue weighted by Gasteiger charge is 2.23. The van der Waals surface area contributed by atoms with Crippen LogP contribution in [0.4, 0.5) is 0 Å². The molecule has 0 radical (unpaired) electrons. The summed E-state index contributed by atoms with van der Waals surface area (Å²) in [5.74, 6) is 0.522. The highest BCUT2D eigenvalue weighted by molar-refractivity contribution is 7.89. The molecule has 2 rings (SSSR count). The van der Waals surface area contributed by atoms with Gasteiger partial charge in [-0.3, -0.25) is 0 Å². The predicted molar refractivity (Wildman–Crippen MR) is 80.1 cm³/mol. The first-order valence-electron chi connectivity index (χ1n) is 7.29. The third kappa shape index (κ3) is 3.42. The quantitative estimate of drug-likeness (QED) is 0.808. The summed E-state index contributed by atoms with van der Waals surface area (Å²) in [5.41, 5.74) is 0.992. The van der Waals surface area contributed by atoms with Crippen molar-refractivity contribution in [3.8, 4) is 0 Å². The highest BCUT2D eigenvalue weighted by Crippen LogP contribution is 2.26. The van der Waals surface area contributed by atoms with E-state index in [1.807, 2.05) is 11.6 Å². The SMILES string of the molecule is CNCc1cc(S(=O)(=O)NCC2CCC2)cn1C(C)C. The van der Waals surface area contributed by atoms with E-state index in [9.17, 15) is 8.42 Å². The van der Waals surface area contributed by atoms with E-state index < -0.39 is 10.0 Å². The minimum atomic E-state index is -3.38. The van der Waals surface area contributed by atoms with Crippen molar-refractivity contribution < 1.29 is 8.42 Å².